The first-order valence-electron chi connectivity index (χ1n) is 7.08. The van der Waals surface area contributed by atoms with E-state index in [4.69, 9.17) is 0 Å². The fourth-order valence-corrected chi connectivity index (χ4v) is 3.25. The Bertz CT molecular complexity index is 362. The van der Waals surface area contributed by atoms with E-state index in [1.165, 1.54) is 34.0 Å². The van der Waals surface area contributed by atoms with E-state index >= 15 is 0 Å². The Morgan fingerprint density at radius 3 is 2.61 bits per heavy atom. The molecular formula is C16H26IN. The Morgan fingerprint density at radius 2 is 2.00 bits per heavy atom. The molecule has 0 aliphatic rings. The third-order valence-corrected chi connectivity index (χ3v) is 4.94. The Hall–Kier alpha value is -0.0900. The number of aryl methyl sites for hydroxylation is 1. The molecule has 0 fully saturated rings. The summed E-state index contributed by atoms with van der Waals surface area (Å²) in [5.41, 5.74) is 2.86. The molecule has 102 valence electrons. The molecule has 0 aliphatic carbocycles. The van der Waals surface area contributed by atoms with Crippen LogP contribution >= 0.6 is 22.6 Å². The van der Waals surface area contributed by atoms with Crippen LogP contribution in [0.25, 0.3) is 0 Å². The molecular weight excluding hydrogens is 333 g/mol. The van der Waals surface area contributed by atoms with Crippen LogP contribution in [-0.4, -0.2) is 6.54 Å². The number of rotatable bonds is 7. The molecule has 1 aromatic rings. The first kappa shape index (κ1) is 16.0. The molecule has 0 spiro atoms. The Kier molecular flexibility index (Phi) is 7.23. The number of hydrogen-bond donors (Lipinski definition) is 1. The Labute approximate surface area is 126 Å². The van der Waals surface area contributed by atoms with Crippen molar-refractivity contribution >= 4 is 22.6 Å². The summed E-state index contributed by atoms with van der Waals surface area (Å²) in [6.07, 6.45) is 3.84. The fourth-order valence-electron chi connectivity index (χ4n) is 2.52. The summed E-state index contributed by atoms with van der Waals surface area (Å²) >= 11 is 2.49. The maximum Gasteiger partial charge on any atom is 0.0333 e. The van der Waals surface area contributed by atoms with E-state index in [0.717, 1.165) is 12.5 Å². The van der Waals surface area contributed by atoms with Crippen molar-refractivity contribution in [1.29, 1.82) is 0 Å². The van der Waals surface area contributed by atoms with Crippen LogP contribution in [-0.2, 0) is 0 Å². The summed E-state index contributed by atoms with van der Waals surface area (Å²) in [4.78, 5) is 0. The van der Waals surface area contributed by atoms with Gasteiger partial charge in [-0.3, -0.25) is 0 Å². The van der Waals surface area contributed by atoms with Crippen LogP contribution in [0.1, 0.15) is 57.2 Å². The molecule has 0 aromatic heterocycles. The first-order chi connectivity index (χ1) is 8.60. The van der Waals surface area contributed by atoms with Gasteiger partial charge in [-0.1, -0.05) is 51.8 Å². The maximum atomic E-state index is 3.65. The van der Waals surface area contributed by atoms with Crippen LogP contribution in [0.2, 0.25) is 0 Å². The van der Waals surface area contributed by atoms with E-state index in [0.29, 0.717) is 6.04 Å². The van der Waals surface area contributed by atoms with Crippen molar-refractivity contribution in [3.05, 3.63) is 32.9 Å². The predicted molar refractivity (Wildman–Crippen MR) is 89.0 cm³/mol. The lowest BCUT2D eigenvalue weighted by atomic mass is 9.92. The van der Waals surface area contributed by atoms with Crippen LogP contribution < -0.4 is 5.32 Å². The van der Waals surface area contributed by atoms with Gasteiger partial charge in [0.25, 0.3) is 0 Å². The molecule has 1 N–H and O–H groups in total. The quantitative estimate of drug-likeness (QED) is 0.670. The molecule has 1 aromatic carbocycles. The van der Waals surface area contributed by atoms with Crippen molar-refractivity contribution in [1.82, 2.24) is 5.32 Å². The van der Waals surface area contributed by atoms with Crippen LogP contribution in [0.5, 0.6) is 0 Å². The molecule has 0 saturated carbocycles. The molecule has 0 amide bonds. The number of hydrogen-bond acceptors (Lipinski definition) is 1. The zero-order valence-electron chi connectivity index (χ0n) is 12.1. The van der Waals surface area contributed by atoms with Crippen LogP contribution in [0, 0.1) is 16.4 Å². The van der Waals surface area contributed by atoms with Crippen molar-refractivity contribution in [3.63, 3.8) is 0 Å². The highest BCUT2D eigenvalue weighted by atomic mass is 127. The predicted octanol–water partition coefficient (Wildman–Crippen LogP) is 5.08. The summed E-state index contributed by atoms with van der Waals surface area (Å²) in [5, 5.41) is 3.65. The van der Waals surface area contributed by atoms with Crippen molar-refractivity contribution in [2.45, 2.75) is 53.0 Å². The van der Waals surface area contributed by atoms with Crippen molar-refractivity contribution in [2.24, 2.45) is 5.92 Å². The molecule has 2 heteroatoms. The molecule has 1 rings (SSSR count). The van der Waals surface area contributed by atoms with E-state index in [2.05, 4.69) is 73.8 Å². The molecule has 0 radical (unpaired) electrons. The van der Waals surface area contributed by atoms with Crippen molar-refractivity contribution in [2.75, 3.05) is 6.54 Å². The average Bonchev–Trinajstić information content (AvgIpc) is 2.32. The summed E-state index contributed by atoms with van der Waals surface area (Å²) < 4.78 is 1.42. The topological polar surface area (TPSA) is 12.0 Å². The second-order valence-electron chi connectivity index (χ2n) is 5.22. The maximum absolute atomic E-state index is 3.65. The zero-order chi connectivity index (χ0) is 13.5. The van der Waals surface area contributed by atoms with E-state index in [9.17, 15) is 0 Å². The summed E-state index contributed by atoms with van der Waals surface area (Å²) in [6.45, 7) is 10.1. The Balaban J connectivity index is 2.86. The molecule has 0 heterocycles. The van der Waals surface area contributed by atoms with E-state index in [1.807, 2.05) is 0 Å². The highest BCUT2D eigenvalue weighted by molar-refractivity contribution is 14.1. The molecule has 2 unspecified atom stereocenters. The minimum atomic E-state index is 0.503. The van der Waals surface area contributed by atoms with Gasteiger partial charge in [-0.25, -0.2) is 0 Å². The highest BCUT2D eigenvalue weighted by Gasteiger charge is 2.17. The van der Waals surface area contributed by atoms with Gasteiger partial charge in [0.2, 0.25) is 0 Å². The first-order valence-corrected chi connectivity index (χ1v) is 8.16. The molecule has 0 aliphatic heterocycles. The third kappa shape index (κ3) is 4.54. The monoisotopic (exact) mass is 359 g/mol. The van der Waals surface area contributed by atoms with E-state index in [1.54, 1.807) is 0 Å². The summed E-state index contributed by atoms with van der Waals surface area (Å²) in [7, 11) is 0. The minimum Gasteiger partial charge on any atom is -0.310 e. The van der Waals surface area contributed by atoms with Gasteiger partial charge in [-0.05, 0) is 59.5 Å². The summed E-state index contributed by atoms with van der Waals surface area (Å²) in [6, 6.07) is 7.16. The zero-order valence-corrected chi connectivity index (χ0v) is 14.3. The van der Waals surface area contributed by atoms with Gasteiger partial charge in [-0.15, -0.1) is 0 Å². The molecule has 2 atom stereocenters. The fraction of sp³-hybridized carbons (Fsp3) is 0.625. The van der Waals surface area contributed by atoms with Gasteiger partial charge < -0.3 is 5.32 Å². The highest BCUT2D eigenvalue weighted by Crippen LogP contribution is 2.28. The minimum absolute atomic E-state index is 0.503. The summed E-state index contributed by atoms with van der Waals surface area (Å²) in [5.74, 6) is 0.787. The second kappa shape index (κ2) is 8.16. The van der Waals surface area contributed by atoms with Gasteiger partial charge >= 0.3 is 0 Å². The molecule has 0 bridgehead atoms. The lowest BCUT2D eigenvalue weighted by Gasteiger charge is -2.24. The van der Waals surface area contributed by atoms with Gasteiger partial charge in [-0.2, -0.15) is 0 Å². The number of nitrogens with one attached hydrogen (secondary N) is 1. The lowest BCUT2D eigenvalue weighted by molar-refractivity contribution is 0.394. The molecule has 18 heavy (non-hydrogen) atoms. The van der Waals surface area contributed by atoms with E-state index in [-0.39, 0.29) is 0 Å². The molecule has 1 nitrogen and oxygen atoms in total. The average molecular weight is 359 g/mol. The largest absolute Gasteiger partial charge is 0.310 e. The van der Waals surface area contributed by atoms with E-state index < -0.39 is 0 Å². The van der Waals surface area contributed by atoms with Crippen LogP contribution in [0.15, 0.2) is 18.2 Å². The number of halogens is 1. The second-order valence-corrected chi connectivity index (χ2v) is 6.30. The normalized spacial score (nSPS) is 14.5. The van der Waals surface area contributed by atoms with Gasteiger partial charge in [0.05, 0.1) is 0 Å². The molecule has 0 saturated heterocycles. The standard InChI is InChI=1S/C16H26IN/c1-5-8-12(3)11-15(18-6-2)14-10-7-9-13(4)16(14)17/h7,9-10,12,15,18H,5-6,8,11H2,1-4H3. The van der Waals surface area contributed by atoms with Gasteiger partial charge in [0.15, 0.2) is 0 Å². The van der Waals surface area contributed by atoms with Crippen molar-refractivity contribution < 1.29 is 0 Å². The van der Waals surface area contributed by atoms with Gasteiger partial charge in [0.1, 0.15) is 0 Å². The van der Waals surface area contributed by atoms with Crippen LogP contribution in [0.3, 0.4) is 0 Å². The number of benzene rings is 1. The van der Waals surface area contributed by atoms with Crippen LogP contribution in [0.4, 0.5) is 0 Å². The van der Waals surface area contributed by atoms with Gasteiger partial charge in [0, 0.05) is 9.61 Å². The lowest BCUT2D eigenvalue weighted by Crippen LogP contribution is -2.24. The van der Waals surface area contributed by atoms with Crippen molar-refractivity contribution in [3.8, 4) is 0 Å². The third-order valence-electron chi connectivity index (χ3n) is 3.47. The SMILES string of the molecule is CCCC(C)CC(NCC)c1cccc(C)c1I. The Morgan fingerprint density at radius 1 is 1.28 bits per heavy atom. The smallest absolute Gasteiger partial charge is 0.0333 e.